The molecule has 3 heterocycles. The summed E-state index contributed by atoms with van der Waals surface area (Å²) >= 11 is 0. The lowest BCUT2D eigenvalue weighted by molar-refractivity contribution is -0.125. The van der Waals surface area contributed by atoms with E-state index in [4.69, 9.17) is 18.9 Å². The Bertz CT molecular complexity index is 820. The van der Waals surface area contributed by atoms with E-state index >= 15 is 0 Å². The molecule has 0 spiro atoms. The van der Waals surface area contributed by atoms with E-state index in [9.17, 15) is 4.79 Å². The first-order valence-electron chi connectivity index (χ1n) is 9.06. The number of hydrogen-bond acceptors (Lipinski definition) is 6. The van der Waals surface area contributed by atoms with Crippen LogP contribution in [0.4, 0.5) is 0 Å². The van der Waals surface area contributed by atoms with Crippen molar-refractivity contribution in [2.24, 2.45) is 0 Å². The molecule has 27 heavy (non-hydrogen) atoms. The summed E-state index contributed by atoms with van der Waals surface area (Å²) in [6.45, 7) is 2.87. The van der Waals surface area contributed by atoms with Gasteiger partial charge >= 0.3 is 0 Å². The fraction of sp³-hybridized carbons (Fsp3) is 0.474. The number of imidazole rings is 1. The number of methoxy groups -OCH3 is 1. The van der Waals surface area contributed by atoms with Gasteiger partial charge in [0.2, 0.25) is 5.91 Å². The second-order valence-corrected chi connectivity index (χ2v) is 6.58. The van der Waals surface area contributed by atoms with Crippen LogP contribution in [0.25, 0.3) is 11.3 Å². The standard InChI is InChI=1S/C19H23N3O5/c1-24-12-19(23)20-8-14-9-22-10-15(21-18(22)11-27-14)13-3-4-16-17(7-13)26-6-2-5-25-16/h3-4,7,10,14H,2,5-6,8-9,11-12H2,1H3,(H,20,23). The molecule has 8 heteroatoms. The van der Waals surface area contributed by atoms with Crippen molar-refractivity contribution in [1.82, 2.24) is 14.9 Å². The number of aromatic nitrogens is 2. The van der Waals surface area contributed by atoms with Crippen molar-refractivity contribution in [3.05, 3.63) is 30.2 Å². The lowest BCUT2D eigenvalue weighted by Gasteiger charge is -2.24. The topological polar surface area (TPSA) is 83.8 Å². The number of ether oxygens (including phenoxy) is 4. The molecular weight excluding hydrogens is 350 g/mol. The largest absolute Gasteiger partial charge is 0.490 e. The Morgan fingerprint density at radius 2 is 2.19 bits per heavy atom. The molecule has 2 aromatic rings. The van der Waals surface area contributed by atoms with Gasteiger partial charge in [-0.2, -0.15) is 0 Å². The molecule has 0 fully saturated rings. The SMILES string of the molecule is COCC(=O)NCC1Cn2cc(-c3ccc4c(c3)OCCCO4)nc2CO1. The summed E-state index contributed by atoms with van der Waals surface area (Å²) in [5.41, 5.74) is 1.85. The number of nitrogens with zero attached hydrogens (tertiary/aromatic N) is 2. The predicted octanol–water partition coefficient (Wildman–Crippen LogP) is 1.37. The lowest BCUT2D eigenvalue weighted by Crippen LogP contribution is -2.39. The Balaban J connectivity index is 1.45. The van der Waals surface area contributed by atoms with E-state index in [2.05, 4.69) is 14.9 Å². The van der Waals surface area contributed by atoms with Gasteiger partial charge in [0.15, 0.2) is 11.5 Å². The van der Waals surface area contributed by atoms with Crippen LogP contribution in [0.3, 0.4) is 0 Å². The number of carbonyl (C=O) groups excluding carboxylic acids is 1. The van der Waals surface area contributed by atoms with Crippen molar-refractivity contribution in [3.8, 4) is 22.8 Å². The number of nitrogens with one attached hydrogen (secondary N) is 1. The Hall–Kier alpha value is -2.58. The van der Waals surface area contributed by atoms with Gasteiger partial charge in [-0.3, -0.25) is 4.79 Å². The third kappa shape index (κ3) is 4.06. The smallest absolute Gasteiger partial charge is 0.246 e. The summed E-state index contributed by atoms with van der Waals surface area (Å²) in [7, 11) is 1.50. The highest BCUT2D eigenvalue weighted by Gasteiger charge is 2.22. The maximum atomic E-state index is 11.5. The van der Waals surface area contributed by atoms with Gasteiger partial charge in [-0.25, -0.2) is 4.98 Å². The second kappa shape index (κ2) is 7.98. The van der Waals surface area contributed by atoms with Gasteiger partial charge < -0.3 is 28.8 Å². The first kappa shape index (κ1) is 17.8. The van der Waals surface area contributed by atoms with E-state index in [0.717, 1.165) is 35.0 Å². The average molecular weight is 373 g/mol. The van der Waals surface area contributed by atoms with Crippen LogP contribution in [-0.2, 0) is 27.4 Å². The number of rotatable bonds is 5. The highest BCUT2D eigenvalue weighted by Crippen LogP contribution is 2.34. The van der Waals surface area contributed by atoms with Crippen molar-refractivity contribution >= 4 is 5.91 Å². The van der Waals surface area contributed by atoms with Crippen LogP contribution >= 0.6 is 0 Å². The highest BCUT2D eigenvalue weighted by atomic mass is 16.5. The van der Waals surface area contributed by atoms with E-state index in [-0.39, 0.29) is 18.6 Å². The van der Waals surface area contributed by atoms with Crippen LogP contribution in [0.5, 0.6) is 11.5 Å². The van der Waals surface area contributed by atoms with Gasteiger partial charge in [-0.1, -0.05) is 0 Å². The Morgan fingerprint density at radius 3 is 3.04 bits per heavy atom. The van der Waals surface area contributed by atoms with Gasteiger partial charge in [0, 0.05) is 31.8 Å². The van der Waals surface area contributed by atoms with Crippen LogP contribution in [0.2, 0.25) is 0 Å². The minimum absolute atomic E-state index is 0.0529. The fourth-order valence-corrected chi connectivity index (χ4v) is 3.19. The zero-order valence-corrected chi connectivity index (χ0v) is 15.3. The van der Waals surface area contributed by atoms with Crippen LogP contribution in [0.15, 0.2) is 24.4 Å². The molecule has 0 aliphatic carbocycles. The summed E-state index contributed by atoms with van der Waals surface area (Å²) in [5, 5.41) is 2.81. The molecule has 0 saturated carbocycles. The van der Waals surface area contributed by atoms with E-state index in [0.29, 0.717) is 32.9 Å². The molecule has 0 saturated heterocycles. The summed E-state index contributed by atoms with van der Waals surface area (Å²) < 4.78 is 24.1. The molecule has 1 aromatic carbocycles. The van der Waals surface area contributed by atoms with Crippen LogP contribution < -0.4 is 14.8 Å². The number of hydrogen-bond donors (Lipinski definition) is 1. The zero-order valence-electron chi connectivity index (χ0n) is 15.3. The van der Waals surface area contributed by atoms with Crippen molar-refractivity contribution in [2.75, 3.05) is 33.5 Å². The summed E-state index contributed by atoms with van der Waals surface area (Å²) in [5.74, 6) is 2.25. The molecule has 4 rings (SSSR count). The molecular formula is C19H23N3O5. The van der Waals surface area contributed by atoms with Gasteiger partial charge in [0.1, 0.15) is 19.0 Å². The normalized spacial score (nSPS) is 18.5. The van der Waals surface area contributed by atoms with Gasteiger partial charge in [0.25, 0.3) is 0 Å². The predicted molar refractivity (Wildman–Crippen MR) is 96.7 cm³/mol. The lowest BCUT2D eigenvalue weighted by atomic mass is 10.1. The minimum Gasteiger partial charge on any atom is -0.490 e. The quantitative estimate of drug-likeness (QED) is 0.852. The second-order valence-electron chi connectivity index (χ2n) is 6.58. The Morgan fingerprint density at radius 1 is 1.33 bits per heavy atom. The molecule has 1 amide bonds. The third-order valence-corrected chi connectivity index (χ3v) is 4.55. The molecule has 2 aliphatic heterocycles. The monoisotopic (exact) mass is 373 g/mol. The minimum atomic E-state index is -0.148. The first-order chi connectivity index (χ1) is 13.2. The maximum Gasteiger partial charge on any atom is 0.246 e. The van der Waals surface area contributed by atoms with Crippen LogP contribution in [0, 0.1) is 0 Å². The number of carbonyl (C=O) groups is 1. The Kier molecular flexibility index (Phi) is 5.26. The molecule has 8 nitrogen and oxygen atoms in total. The molecule has 0 radical (unpaired) electrons. The highest BCUT2D eigenvalue weighted by molar-refractivity contribution is 5.77. The summed E-state index contributed by atoms with van der Waals surface area (Å²) in [4.78, 5) is 16.2. The molecule has 1 unspecified atom stereocenters. The fourth-order valence-electron chi connectivity index (χ4n) is 3.19. The molecule has 1 atom stereocenters. The molecule has 2 aliphatic rings. The van der Waals surface area contributed by atoms with E-state index in [1.807, 2.05) is 24.4 Å². The molecule has 1 N–H and O–H groups in total. The number of amides is 1. The van der Waals surface area contributed by atoms with Gasteiger partial charge in [-0.05, 0) is 18.2 Å². The summed E-state index contributed by atoms with van der Waals surface area (Å²) in [6.07, 6.45) is 2.80. The van der Waals surface area contributed by atoms with E-state index < -0.39 is 0 Å². The third-order valence-electron chi connectivity index (χ3n) is 4.55. The number of fused-ring (bicyclic) bond motifs is 2. The van der Waals surface area contributed by atoms with Crippen molar-refractivity contribution in [3.63, 3.8) is 0 Å². The van der Waals surface area contributed by atoms with Crippen molar-refractivity contribution < 1.29 is 23.7 Å². The molecule has 0 bridgehead atoms. The Labute approximate surface area is 157 Å². The number of benzene rings is 1. The van der Waals surface area contributed by atoms with Gasteiger partial charge in [-0.15, -0.1) is 0 Å². The molecule has 144 valence electrons. The van der Waals surface area contributed by atoms with E-state index in [1.165, 1.54) is 7.11 Å². The van der Waals surface area contributed by atoms with Gasteiger partial charge in [0.05, 0.1) is 31.6 Å². The van der Waals surface area contributed by atoms with Crippen molar-refractivity contribution in [2.45, 2.75) is 25.7 Å². The molecule has 1 aromatic heterocycles. The van der Waals surface area contributed by atoms with E-state index in [1.54, 1.807) is 0 Å². The average Bonchev–Trinajstić information content (AvgIpc) is 2.96. The van der Waals surface area contributed by atoms with Crippen molar-refractivity contribution in [1.29, 1.82) is 0 Å². The summed E-state index contributed by atoms with van der Waals surface area (Å²) in [6, 6.07) is 5.89. The van der Waals surface area contributed by atoms with Crippen LogP contribution in [0.1, 0.15) is 12.2 Å². The maximum absolute atomic E-state index is 11.5. The van der Waals surface area contributed by atoms with Crippen LogP contribution in [-0.4, -0.2) is 55.0 Å². The zero-order chi connectivity index (χ0) is 18.6. The first-order valence-corrected chi connectivity index (χ1v) is 9.06.